The molecule has 6 heteroatoms. The van der Waals surface area contributed by atoms with Gasteiger partial charge >= 0.3 is 0 Å². The Morgan fingerprint density at radius 1 is 1.50 bits per heavy atom. The third-order valence-electron chi connectivity index (χ3n) is 1.82. The molecule has 1 aromatic rings. The Bertz CT molecular complexity index is 396. The Balaban J connectivity index is 2.50. The van der Waals surface area contributed by atoms with Gasteiger partial charge in [-0.3, -0.25) is 10.1 Å². The Hall–Kier alpha value is -2.13. The van der Waals surface area contributed by atoms with Crippen molar-refractivity contribution in [2.75, 3.05) is 6.61 Å². The number of nitrogens with zero attached hydrogens (tertiary/aromatic N) is 2. The van der Waals surface area contributed by atoms with Crippen molar-refractivity contribution < 1.29 is 14.8 Å². The smallest absolute Gasteiger partial charge is 0.269 e. The maximum Gasteiger partial charge on any atom is 0.269 e. The van der Waals surface area contributed by atoms with Gasteiger partial charge in [0, 0.05) is 12.1 Å². The average molecular weight is 222 g/mol. The van der Waals surface area contributed by atoms with E-state index in [1.165, 1.54) is 24.3 Å². The molecule has 1 aromatic carbocycles. The number of benzene rings is 1. The molecule has 0 fully saturated rings. The number of non-ortho nitro benzene ring substituents is 1. The molecule has 0 heterocycles. The van der Waals surface area contributed by atoms with Crippen LogP contribution in [0.3, 0.4) is 0 Å². The first-order valence-corrected chi connectivity index (χ1v) is 4.55. The summed E-state index contributed by atoms with van der Waals surface area (Å²) in [5.74, 6) is 0.419. The van der Waals surface area contributed by atoms with E-state index >= 15 is 0 Å². The van der Waals surface area contributed by atoms with Crippen LogP contribution in [-0.4, -0.2) is 22.7 Å². The monoisotopic (exact) mass is 222 g/mol. The van der Waals surface area contributed by atoms with Crippen LogP contribution < -0.4 is 4.74 Å². The number of nitro benzene ring substituents is 1. The van der Waals surface area contributed by atoms with Gasteiger partial charge in [0.25, 0.3) is 5.69 Å². The summed E-state index contributed by atoms with van der Waals surface area (Å²) in [6.45, 7) is -0.00856. The summed E-state index contributed by atoms with van der Waals surface area (Å²) < 4.78 is 5.13. The molecule has 0 aliphatic rings. The fraction of sp³-hybridized carbons (Fsp3) is 0.300. The SMILES string of the molecule is N#CCC(O)COc1ccc([N+](=O)[O-])cc1. The predicted octanol–water partition coefficient (Wildman–Crippen LogP) is 1.25. The molecule has 0 radical (unpaired) electrons. The topological polar surface area (TPSA) is 96.4 Å². The van der Waals surface area contributed by atoms with Gasteiger partial charge in [-0.15, -0.1) is 0 Å². The first kappa shape index (κ1) is 11.9. The molecule has 1 atom stereocenters. The van der Waals surface area contributed by atoms with E-state index in [1.807, 2.05) is 6.07 Å². The number of aliphatic hydroxyl groups excluding tert-OH is 1. The van der Waals surface area contributed by atoms with Crippen LogP contribution in [0.2, 0.25) is 0 Å². The number of nitro groups is 1. The zero-order valence-electron chi connectivity index (χ0n) is 8.37. The quantitative estimate of drug-likeness (QED) is 0.597. The maximum atomic E-state index is 10.4. The lowest BCUT2D eigenvalue weighted by atomic mass is 10.3. The second-order valence-corrected chi connectivity index (χ2v) is 3.08. The van der Waals surface area contributed by atoms with Crippen molar-refractivity contribution in [1.82, 2.24) is 0 Å². The van der Waals surface area contributed by atoms with Crippen LogP contribution in [0.1, 0.15) is 6.42 Å². The molecular formula is C10H10N2O4. The van der Waals surface area contributed by atoms with Gasteiger partial charge < -0.3 is 9.84 Å². The Labute approximate surface area is 91.8 Å². The molecule has 0 saturated heterocycles. The van der Waals surface area contributed by atoms with Crippen molar-refractivity contribution in [3.63, 3.8) is 0 Å². The Kier molecular flexibility index (Phi) is 4.24. The van der Waals surface area contributed by atoms with Crippen LogP contribution in [0, 0.1) is 21.4 Å². The lowest BCUT2D eigenvalue weighted by Gasteiger charge is -2.08. The van der Waals surface area contributed by atoms with E-state index in [-0.39, 0.29) is 18.7 Å². The first-order valence-electron chi connectivity index (χ1n) is 4.55. The highest BCUT2D eigenvalue weighted by molar-refractivity contribution is 5.35. The molecule has 16 heavy (non-hydrogen) atoms. The number of nitriles is 1. The molecule has 1 rings (SSSR count). The third kappa shape index (κ3) is 3.55. The van der Waals surface area contributed by atoms with Crippen molar-refractivity contribution in [2.24, 2.45) is 0 Å². The summed E-state index contributed by atoms with van der Waals surface area (Å²) in [5.41, 5.74) is -0.0232. The molecule has 0 bridgehead atoms. The largest absolute Gasteiger partial charge is 0.491 e. The molecular weight excluding hydrogens is 212 g/mol. The molecule has 0 amide bonds. The normalized spacial score (nSPS) is 11.5. The van der Waals surface area contributed by atoms with Gasteiger partial charge in [0.05, 0.1) is 17.4 Å². The molecule has 84 valence electrons. The number of ether oxygens (including phenoxy) is 1. The van der Waals surface area contributed by atoms with Gasteiger partial charge in [0.15, 0.2) is 0 Å². The summed E-state index contributed by atoms with van der Waals surface area (Å²) in [5, 5.41) is 27.8. The van der Waals surface area contributed by atoms with E-state index in [4.69, 9.17) is 10.00 Å². The van der Waals surface area contributed by atoms with E-state index in [2.05, 4.69) is 0 Å². The summed E-state index contributed by atoms with van der Waals surface area (Å²) in [7, 11) is 0. The number of hydrogen-bond donors (Lipinski definition) is 1. The maximum absolute atomic E-state index is 10.4. The van der Waals surface area contributed by atoms with Crippen LogP contribution in [0.15, 0.2) is 24.3 Å². The van der Waals surface area contributed by atoms with E-state index in [1.54, 1.807) is 0 Å². The second-order valence-electron chi connectivity index (χ2n) is 3.08. The van der Waals surface area contributed by atoms with Gasteiger partial charge in [-0.2, -0.15) is 5.26 Å². The minimum Gasteiger partial charge on any atom is -0.491 e. The van der Waals surface area contributed by atoms with Crippen LogP contribution in [0.5, 0.6) is 5.75 Å². The van der Waals surface area contributed by atoms with Crippen molar-refractivity contribution >= 4 is 5.69 Å². The fourth-order valence-electron chi connectivity index (χ4n) is 1.02. The molecule has 1 unspecified atom stereocenters. The lowest BCUT2D eigenvalue weighted by Crippen LogP contribution is -2.16. The zero-order chi connectivity index (χ0) is 12.0. The number of hydrogen-bond acceptors (Lipinski definition) is 5. The Morgan fingerprint density at radius 2 is 2.12 bits per heavy atom. The van der Waals surface area contributed by atoms with Gasteiger partial charge in [-0.25, -0.2) is 0 Å². The molecule has 0 aromatic heterocycles. The molecule has 1 N–H and O–H groups in total. The number of aliphatic hydroxyl groups is 1. The standard InChI is InChI=1S/C10H10N2O4/c11-6-5-9(13)7-16-10-3-1-8(2-4-10)12(14)15/h1-4,9,13H,5,7H2. The van der Waals surface area contributed by atoms with E-state index in [0.717, 1.165) is 0 Å². The minimum absolute atomic E-state index is 0.00696. The van der Waals surface area contributed by atoms with E-state index < -0.39 is 11.0 Å². The highest BCUT2D eigenvalue weighted by Gasteiger charge is 2.06. The lowest BCUT2D eigenvalue weighted by molar-refractivity contribution is -0.384. The molecule has 0 aliphatic heterocycles. The molecule has 0 saturated carbocycles. The molecule has 0 aliphatic carbocycles. The minimum atomic E-state index is -0.847. The van der Waals surface area contributed by atoms with Crippen LogP contribution >= 0.6 is 0 Å². The van der Waals surface area contributed by atoms with Crippen molar-refractivity contribution in [3.8, 4) is 11.8 Å². The number of rotatable bonds is 5. The average Bonchev–Trinajstić information content (AvgIpc) is 2.27. The van der Waals surface area contributed by atoms with Gasteiger partial charge in [-0.1, -0.05) is 0 Å². The van der Waals surface area contributed by atoms with Crippen molar-refractivity contribution in [2.45, 2.75) is 12.5 Å². The summed E-state index contributed by atoms with van der Waals surface area (Å²) >= 11 is 0. The fourth-order valence-corrected chi connectivity index (χ4v) is 1.02. The highest BCUT2D eigenvalue weighted by Crippen LogP contribution is 2.17. The summed E-state index contributed by atoms with van der Waals surface area (Å²) in [6, 6.07) is 7.31. The third-order valence-corrected chi connectivity index (χ3v) is 1.82. The first-order chi connectivity index (χ1) is 7.63. The van der Waals surface area contributed by atoms with E-state index in [9.17, 15) is 15.2 Å². The van der Waals surface area contributed by atoms with Crippen LogP contribution in [-0.2, 0) is 0 Å². The summed E-state index contributed by atoms with van der Waals surface area (Å²) in [6.07, 6.45) is -0.854. The van der Waals surface area contributed by atoms with Crippen LogP contribution in [0.25, 0.3) is 0 Å². The van der Waals surface area contributed by atoms with Crippen molar-refractivity contribution in [1.29, 1.82) is 5.26 Å². The second kappa shape index (κ2) is 5.68. The summed E-state index contributed by atoms with van der Waals surface area (Å²) in [4.78, 5) is 9.85. The van der Waals surface area contributed by atoms with E-state index in [0.29, 0.717) is 5.75 Å². The molecule has 6 nitrogen and oxygen atoms in total. The van der Waals surface area contributed by atoms with Crippen molar-refractivity contribution in [3.05, 3.63) is 34.4 Å². The predicted molar refractivity (Wildman–Crippen MR) is 54.8 cm³/mol. The highest BCUT2D eigenvalue weighted by atomic mass is 16.6. The van der Waals surface area contributed by atoms with Crippen LogP contribution in [0.4, 0.5) is 5.69 Å². The Morgan fingerprint density at radius 3 is 2.62 bits per heavy atom. The van der Waals surface area contributed by atoms with Gasteiger partial charge in [0.2, 0.25) is 0 Å². The van der Waals surface area contributed by atoms with Gasteiger partial charge in [0.1, 0.15) is 18.5 Å². The zero-order valence-corrected chi connectivity index (χ0v) is 8.37. The van der Waals surface area contributed by atoms with Gasteiger partial charge in [-0.05, 0) is 12.1 Å². The molecule has 0 spiro atoms.